The second-order valence-corrected chi connectivity index (χ2v) is 7.98. The van der Waals surface area contributed by atoms with Gasteiger partial charge in [-0.05, 0) is 58.4 Å². The molecule has 0 spiro atoms. The maximum Gasteiger partial charge on any atom is 0.410 e. The van der Waals surface area contributed by atoms with Crippen LogP contribution in [0.1, 0.15) is 57.9 Å². The topological polar surface area (TPSA) is 41.6 Å². The highest BCUT2D eigenvalue weighted by Crippen LogP contribution is 2.22. The zero-order valence-corrected chi connectivity index (χ0v) is 14.9. The molecule has 124 valence electrons. The van der Waals surface area contributed by atoms with E-state index in [0.29, 0.717) is 12.1 Å². The Kier molecular flexibility index (Phi) is 5.87. The van der Waals surface area contributed by atoms with Crippen LogP contribution < -0.4 is 5.32 Å². The van der Waals surface area contributed by atoms with Crippen molar-refractivity contribution in [2.75, 3.05) is 13.1 Å². The van der Waals surface area contributed by atoms with Crippen molar-refractivity contribution in [2.24, 2.45) is 0 Å². The van der Waals surface area contributed by atoms with E-state index < -0.39 is 5.60 Å². The Morgan fingerprint density at radius 3 is 2.82 bits per heavy atom. The van der Waals surface area contributed by atoms with Crippen molar-refractivity contribution in [1.82, 2.24) is 10.2 Å². The minimum Gasteiger partial charge on any atom is -0.444 e. The van der Waals surface area contributed by atoms with Crippen LogP contribution in [0, 0.1) is 0 Å². The smallest absolute Gasteiger partial charge is 0.410 e. The SMILES string of the molecule is C[C@@H](NC1CCCN(C(=O)OC(C)(C)C)CC1)c1cccs1. The zero-order chi connectivity index (χ0) is 16.2. The summed E-state index contributed by atoms with van der Waals surface area (Å²) in [6.07, 6.45) is 2.93. The maximum atomic E-state index is 12.2. The summed E-state index contributed by atoms with van der Waals surface area (Å²) in [7, 11) is 0. The molecule has 1 aliphatic rings. The van der Waals surface area contributed by atoms with Crippen LogP contribution >= 0.6 is 11.3 Å². The molecule has 2 atom stereocenters. The van der Waals surface area contributed by atoms with E-state index in [4.69, 9.17) is 4.74 Å². The van der Waals surface area contributed by atoms with Gasteiger partial charge in [0.15, 0.2) is 0 Å². The molecule has 1 aromatic heterocycles. The number of carbonyl (C=O) groups is 1. The summed E-state index contributed by atoms with van der Waals surface area (Å²) in [5.74, 6) is 0. The fourth-order valence-electron chi connectivity index (χ4n) is 2.75. The van der Waals surface area contributed by atoms with Gasteiger partial charge in [-0.25, -0.2) is 4.79 Å². The maximum absolute atomic E-state index is 12.2. The normalized spacial score (nSPS) is 21.3. The lowest BCUT2D eigenvalue weighted by Gasteiger charge is -2.26. The van der Waals surface area contributed by atoms with Crippen LogP contribution in [0.15, 0.2) is 17.5 Å². The number of nitrogens with zero attached hydrogens (tertiary/aromatic N) is 1. The molecule has 0 saturated carbocycles. The molecule has 5 heteroatoms. The highest BCUT2D eigenvalue weighted by atomic mass is 32.1. The number of amides is 1. The quantitative estimate of drug-likeness (QED) is 0.906. The summed E-state index contributed by atoms with van der Waals surface area (Å²) < 4.78 is 5.48. The lowest BCUT2D eigenvalue weighted by atomic mass is 10.1. The highest BCUT2D eigenvalue weighted by molar-refractivity contribution is 7.10. The van der Waals surface area contributed by atoms with E-state index in [-0.39, 0.29) is 6.09 Å². The fourth-order valence-corrected chi connectivity index (χ4v) is 3.49. The number of nitrogens with one attached hydrogen (secondary N) is 1. The van der Waals surface area contributed by atoms with E-state index in [1.54, 1.807) is 11.3 Å². The van der Waals surface area contributed by atoms with Gasteiger partial charge in [0.1, 0.15) is 5.60 Å². The zero-order valence-electron chi connectivity index (χ0n) is 14.1. The Morgan fingerprint density at radius 1 is 1.41 bits per heavy atom. The first-order chi connectivity index (χ1) is 10.3. The van der Waals surface area contributed by atoms with Crippen LogP contribution in [-0.2, 0) is 4.74 Å². The molecule has 1 amide bonds. The largest absolute Gasteiger partial charge is 0.444 e. The van der Waals surface area contributed by atoms with Crippen molar-refractivity contribution >= 4 is 17.4 Å². The predicted octanol–water partition coefficient (Wildman–Crippen LogP) is 4.19. The lowest BCUT2D eigenvalue weighted by Crippen LogP contribution is -2.38. The molecule has 1 aromatic rings. The molecular formula is C17H28N2O2S. The minimum absolute atomic E-state index is 0.181. The molecule has 1 aliphatic heterocycles. The molecule has 0 radical (unpaired) electrons. The van der Waals surface area contributed by atoms with Crippen molar-refractivity contribution < 1.29 is 9.53 Å². The van der Waals surface area contributed by atoms with E-state index in [1.165, 1.54) is 4.88 Å². The number of carbonyl (C=O) groups excluding carboxylic acids is 1. The van der Waals surface area contributed by atoms with Gasteiger partial charge in [0.05, 0.1) is 0 Å². The molecule has 4 nitrogen and oxygen atoms in total. The first kappa shape index (κ1) is 17.3. The van der Waals surface area contributed by atoms with Crippen molar-refractivity contribution in [2.45, 2.75) is 64.6 Å². The molecular weight excluding hydrogens is 296 g/mol. The molecule has 1 saturated heterocycles. The van der Waals surface area contributed by atoms with E-state index in [2.05, 4.69) is 29.8 Å². The summed E-state index contributed by atoms with van der Waals surface area (Å²) >= 11 is 1.79. The van der Waals surface area contributed by atoms with Crippen LogP contribution in [0.5, 0.6) is 0 Å². The van der Waals surface area contributed by atoms with Gasteiger partial charge < -0.3 is 15.0 Å². The van der Waals surface area contributed by atoms with Gasteiger partial charge in [-0.15, -0.1) is 11.3 Å². The molecule has 0 bridgehead atoms. The van der Waals surface area contributed by atoms with Crippen LogP contribution in [0.3, 0.4) is 0 Å². The Balaban J connectivity index is 1.83. The van der Waals surface area contributed by atoms with E-state index >= 15 is 0 Å². The highest BCUT2D eigenvalue weighted by Gasteiger charge is 2.25. The third-order valence-corrected chi connectivity index (χ3v) is 4.89. The van der Waals surface area contributed by atoms with E-state index in [9.17, 15) is 4.79 Å². The average molecular weight is 324 g/mol. The van der Waals surface area contributed by atoms with Crippen LogP contribution in [0.4, 0.5) is 4.79 Å². The number of hydrogen-bond donors (Lipinski definition) is 1. The van der Waals surface area contributed by atoms with Gasteiger partial charge in [-0.1, -0.05) is 6.07 Å². The van der Waals surface area contributed by atoms with Crippen molar-refractivity contribution in [3.05, 3.63) is 22.4 Å². The number of thiophene rings is 1. The number of hydrogen-bond acceptors (Lipinski definition) is 4. The van der Waals surface area contributed by atoms with Crippen LogP contribution in [0.2, 0.25) is 0 Å². The molecule has 2 rings (SSSR count). The third kappa shape index (κ3) is 5.29. The average Bonchev–Trinajstić information content (AvgIpc) is 2.84. The summed E-state index contributed by atoms with van der Waals surface area (Å²) in [5.41, 5.74) is -0.422. The molecule has 1 fully saturated rings. The Bertz CT molecular complexity index is 468. The van der Waals surface area contributed by atoms with E-state index in [0.717, 1.165) is 32.4 Å². The summed E-state index contributed by atoms with van der Waals surface area (Å²) in [6.45, 7) is 9.51. The van der Waals surface area contributed by atoms with Gasteiger partial charge in [0.2, 0.25) is 0 Å². The Morgan fingerprint density at radius 2 is 2.18 bits per heavy atom. The van der Waals surface area contributed by atoms with Gasteiger partial charge in [0.25, 0.3) is 0 Å². The first-order valence-corrected chi connectivity index (χ1v) is 9.00. The van der Waals surface area contributed by atoms with Gasteiger partial charge >= 0.3 is 6.09 Å². The Labute approximate surface area is 137 Å². The number of rotatable bonds is 3. The molecule has 2 heterocycles. The monoisotopic (exact) mass is 324 g/mol. The molecule has 1 unspecified atom stereocenters. The van der Waals surface area contributed by atoms with E-state index in [1.807, 2.05) is 25.7 Å². The Hall–Kier alpha value is -1.07. The summed E-state index contributed by atoms with van der Waals surface area (Å²) in [5, 5.41) is 5.82. The number of likely N-dealkylation sites (tertiary alicyclic amines) is 1. The lowest BCUT2D eigenvalue weighted by molar-refractivity contribution is 0.0256. The predicted molar refractivity (Wildman–Crippen MR) is 91.3 cm³/mol. The minimum atomic E-state index is -0.422. The summed E-state index contributed by atoms with van der Waals surface area (Å²) in [6, 6.07) is 5.10. The van der Waals surface area contributed by atoms with Crippen molar-refractivity contribution in [1.29, 1.82) is 0 Å². The molecule has 0 aromatic carbocycles. The molecule has 22 heavy (non-hydrogen) atoms. The van der Waals surface area contributed by atoms with Crippen molar-refractivity contribution in [3.8, 4) is 0 Å². The third-order valence-electron chi connectivity index (χ3n) is 3.84. The number of ether oxygens (including phenoxy) is 1. The molecule has 0 aliphatic carbocycles. The van der Waals surface area contributed by atoms with Crippen molar-refractivity contribution in [3.63, 3.8) is 0 Å². The van der Waals surface area contributed by atoms with Crippen LogP contribution in [0.25, 0.3) is 0 Å². The second kappa shape index (κ2) is 7.47. The van der Waals surface area contributed by atoms with Crippen LogP contribution in [-0.4, -0.2) is 35.7 Å². The summed E-state index contributed by atoms with van der Waals surface area (Å²) in [4.78, 5) is 15.4. The standard InChI is InChI=1S/C17H28N2O2S/c1-13(15-8-6-12-22-15)18-14-7-5-10-19(11-9-14)16(20)21-17(2,3)4/h6,8,12-14,18H,5,7,9-11H2,1-4H3/t13-,14?/m1/s1. The van der Waals surface area contributed by atoms with Gasteiger partial charge in [0, 0.05) is 30.1 Å². The molecule has 1 N–H and O–H groups in total. The van der Waals surface area contributed by atoms with Gasteiger partial charge in [-0.2, -0.15) is 0 Å². The second-order valence-electron chi connectivity index (χ2n) is 7.00. The van der Waals surface area contributed by atoms with Gasteiger partial charge in [-0.3, -0.25) is 0 Å². The fraction of sp³-hybridized carbons (Fsp3) is 0.706. The first-order valence-electron chi connectivity index (χ1n) is 8.12.